The van der Waals surface area contributed by atoms with Crippen LogP contribution in [0.5, 0.6) is 0 Å². The van der Waals surface area contributed by atoms with Gasteiger partial charge in [0.05, 0.1) is 31.5 Å². The molecule has 21 heavy (non-hydrogen) atoms. The highest BCUT2D eigenvalue weighted by Gasteiger charge is 2.06. The quantitative estimate of drug-likeness (QED) is 0.758. The van der Waals surface area contributed by atoms with Gasteiger partial charge in [0.1, 0.15) is 0 Å². The Morgan fingerprint density at radius 1 is 1.52 bits per heavy atom. The number of esters is 1. The minimum absolute atomic E-state index is 0.172. The molecule has 0 spiro atoms. The summed E-state index contributed by atoms with van der Waals surface area (Å²) in [6, 6.07) is 0. The van der Waals surface area contributed by atoms with E-state index in [1.165, 1.54) is 0 Å². The van der Waals surface area contributed by atoms with Gasteiger partial charge >= 0.3 is 5.97 Å². The van der Waals surface area contributed by atoms with E-state index in [-0.39, 0.29) is 5.97 Å². The van der Waals surface area contributed by atoms with Crippen LogP contribution in [0.15, 0.2) is 17.8 Å². The van der Waals surface area contributed by atoms with Crippen LogP contribution in [-0.4, -0.2) is 33.9 Å². The number of carbonyl (C=O) groups excluding carboxylic acids is 1. The van der Waals surface area contributed by atoms with Crippen molar-refractivity contribution in [3.8, 4) is 0 Å². The van der Waals surface area contributed by atoms with Gasteiger partial charge in [0, 0.05) is 24.5 Å². The maximum Gasteiger partial charge on any atom is 0.306 e. The number of ether oxygens (including phenoxy) is 1. The zero-order valence-corrected chi connectivity index (χ0v) is 13.2. The molecule has 0 radical (unpaired) electrons. The van der Waals surface area contributed by atoms with Gasteiger partial charge in [-0.3, -0.25) is 9.48 Å². The summed E-state index contributed by atoms with van der Waals surface area (Å²) in [7, 11) is 0. The van der Waals surface area contributed by atoms with E-state index in [1.807, 2.05) is 36.3 Å². The number of carbonyl (C=O) groups is 1. The van der Waals surface area contributed by atoms with Crippen molar-refractivity contribution >= 4 is 22.4 Å². The summed E-state index contributed by atoms with van der Waals surface area (Å²) in [5, 5.41) is 10.3. The molecule has 1 N–H and O–H groups in total. The number of hydrogen-bond acceptors (Lipinski definition) is 6. The molecular formula is C14H20N4O2S. The molecule has 2 rings (SSSR count). The predicted molar refractivity (Wildman–Crippen MR) is 82.5 cm³/mol. The van der Waals surface area contributed by atoms with Crippen LogP contribution in [0.4, 0.5) is 5.13 Å². The number of aromatic nitrogens is 3. The van der Waals surface area contributed by atoms with Crippen molar-refractivity contribution < 1.29 is 9.53 Å². The zero-order valence-electron chi connectivity index (χ0n) is 12.3. The molecule has 6 nitrogen and oxygen atoms in total. The van der Waals surface area contributed by atoms with Crippen molar-refractivity contribution in [2.75, 3.05) is 18.5 Å². The summed E-state index contributed by atoms with van der Waals surface area (Å²) in [6.07, 6.45) is 4.85. The molecular weight excluding hydrogens is 288 g/mol. The second-order valence-corrected chi connectivity index (χ2v) is 5.51. The van der Waals surface area contributed by atoms with Crippen LogP contribution in [0.3, 0.4) is 0 Å². The normalized spacial score (nSPS) is 10.6. The largest absolute Gasteiger partial charge is 0.466 e. The van der Waals surface area contributed by atoms with E-state index >= 15 is 0 Å². The second kappa shape index (κ2) is 7.78. The van der Waals surface area contributed by atoms with Crippen LogP contribution in [-0.2, 0) is 22.5 Å². The molecule has 0 aliphatic carbocycles. The average Bonchev–Trinajstić information content (AvgIpc) is 3.06. The third kappa shape index (κ3) is 5.18. The summed E-state index contributed by atoms with van der Waals surface area (Å²) in [5.41, 5.74) is 2.08. The summed E-state index contributed by atoms with van der Waals surface area (Å²) in [4.78, 5) is 15.7. The summed E-state index contributed by atoms with van der Waals surface area (Å²) in [5.74, 6) is -0.172. The van der Waals surface area contributed by atoms with E-state index in [4.69, 9.17) is 4.74 Å². The van der Waals surface area contributed by atoms with E-state index in [2.05, 4.69) is 15.4 Å². The molecule has 114 valence electrons. The molecule has 2 heterocycles. The van der Waals surface area contributed by atoms with Gasteiger partial charge in [-0.15, -0.1) is 11.3 Å². The van der Waals surface area contributed by atoms with Crippen LogP contribution in [0.2, 0.25) is 0 Å². The van der Waals surface area contributed by atoms with Crippen LogP contribution < -0.4 is 5.32 Å². The maximum absolute atomic E-state index is 11.3. The van der Waals surface area contributed by atoms with Gasteiger partial charge in [-0.1, -0.05) is 0 Å². The van der Waals surface area contributed by atoms with Crippen molar-refractivity contribution in [1.29, 1.82) is 0 Å². The van der Waals surface area contributed by atoms with Gasteiger partial charge in [-0.05, 0) is 19.4 Å². The molecule has 0 amide bonds. The Bertz CT molecular complexity index is 579. The van der Waals surface area contributed by atoms with Gasteiger partial charge in [0.15, 0.2) is 5.13 Å². The van der Waals surface area contributed by atoms with Crippen molar-refractivity contribution in [3.63, 3.8) is 0 Å². The lowest BCUT2D eigenvalue weighted by Gasteiger charge is -2.02. The molecule has 0 aliphatic rings. The molecule has 0 aliphatic heterocycles. The Kier molecular flexibility index (Phi) is 5.74. The fourth-order valence-corrected chi connectivity index (χ4v) is 2.61. The van der Waals surface area contributed by atoms with E-state index in [9.17, 15) is 4.79 Å². The lowest BCUT2D eigenvalue weighted by atomic mass is 10.2. The van der Waals surface area contributed by atoms with E-state index in [0.29, 0.717) is 19.4 Å². The number of anilines is 1. The van der Waals surface area contributed by atoms with Gasteiger partial charge < -0.3 is 10.1 Å². The van der Waals surface area contributed by atoms with Gasteiger partial charge in [-0.25, -0.2) is 4.98 Å². The lowest BCUT2D eigenvalue weighted by molar-refractivity contribution is -0.143. The van der Waals surface area contributed by atoms with Crippen LogP contribution in [0, 0.1) is 6.92 Å². The lowest BCUT2D eigenvalue weighted by Crippen LogP contribution is -2.10. The highest BCUT2D eigenvalue weighted by atomic mass is 32.1. The minimum atomic E-state index is -0.172. The van der Waals surface area contributed by atoms with E-state index in [0.717, 1.165) is 29.5 Å². The molecule has 0 unspecified atom stereocenters. The fourth-order valence-electron chi connectivity index (χ4n) is 1.83. The first-order valence-electron chi connectivity index (χ1n) is 7.00. The first-order valence-corrected chi connectivity index (χ1v) is 7.88. The van der Waals surface area contributed by atoms with Crippen LogP contribution in [0.25, 0.3) is 0 Å². The monoisotopic (exact) mass is 308 g/mol. The number of hydrogen-bond donors (Lipinski definition) is 1. The highest BCUT2D eigenvalue weighted by molar-refractivity contribution is 7.13. The Labute approximate surface area is 128 Å². The number of thiazole rings is 1. The summed E-state index contributed by atoms with van der Waals surface area (Å²) in [6.45, 7) is 5.82. The number of nitrogens with zero attached hydrogens (tertiary/aromatic N) is 3. The molecule has 0 saturated carbocycles. The third-order valence-electron chi connectivity index (χ3n) is 2.82. The van der Waals surface area contributed by atoms with Gasteiger partial charge in [-0.2, -0.15) is 5.10 Å². The first kappa shape index (κ1) is 15.5. The van der Waals surface area contributed by atoms with Crippen LogP contribution >= 0.6 is 11.3 Å². The molecule has 0 aromatic carbocycles. The van der Waals surface area contributed by atoms with Crippen molar-refractivity contribution in [1.82, 2.24) is 14.8 Å². The highest BCUT2D eigenvalue weighted by Crippen LogP contribution is 2.16. The molecule has 2 aromatic heterocycles. The average molecular weight is 308 g/mol. The standard InChI is InChI=1S/C14H20N4O2S/c1-3-20-13(19)5-4-12-10-21-14(17-12)15-6-7-18-9-11(2)8-16-18/h8-10H,3-7H2,1-2H3,(H,15,17). The summed E-state index contributed by atoms with van der Waals surface area (Å²) >= 11 is 1.55. The molecule has 0 fully saturated rings. The van der Waals surface area contributed by atoms with Crippen molar-refractivity contribution in [2.45, 2.75) is 33.2 Å². The Morgan fingerprint density at radius 3 is 3.10 bits per heavy atom. The number of rotatable bonds is 8. The number of nitrogens with one attached hydrogen (secondary N) is 1. The van der Waals surface area contributed by atoms with Crippen LogP contribution in [0.1, 0.15) is 24.6 Å². The van der Waals surface area contributed by atoms with Gasteiger partial charge in [0.25, 0.3) is 0 Å². The maximum atomic E-state index is 11.3. The molecule has 7 heteroatoms. The second-order valence-electron chi connectivity index (χ2n) is 4.66. The SMILES string of the molecule is CCOC(=O)CCc1csc(NCCn2cc(C)cn2)n1. The first-order chi connectivity index (χ1) is 10.2. The zero-order chi connectivity index (χ0) is 15.1. The minimum Gasteiger partial charge on any atom is -0.466 e. The molecule has 2 aromatic rings. The summed E-state index contributed by atoms with van der Waals surface area (Å²) < 4.78 is 6.80. The molecule has 0 bridgehead atoms. The van der Waals surface area contributed by atoms with Crippen molar-refractivity contribution in [2.24, 2.45) is 0 Å². The third-order valence-corrected chi connectivity index (χ3v) is 3.67. The Hall–Kier alpha value is -1.89. The predicted octanol–water partition coefficient (Wildman–Crippen LogP) is 2.26. The number of aryl methyl sites for hydroxylation is 2. The Morgan fingerprint density at radius 2 is 2.38 bits per heavy atom. The van der Waals surface area contributed by atoms with E-state index < -0.39 is 0 Å². The van der Waals surface area contributed by atoms with Gasteiger partial charge in [0.2, 0.25) is 0 Å². The molecule has 0 atom stereocenters. The van der Waals surface area contributed by atoms with E-state index in [1.54, 1.807) is 11.3 Å². The topological polar surface area (TPSA) is 69.0 Å². The van der Waals surface area contributed by atoms with Crippen molar-refractivity contribution in [3.05, 3.63) is 29.0 Å². The Balaban J connectivity index is 1.71. The molecule has 0 saturated heterocycles. The fraction of sp³-hybridized carbons (Fsp3) is 0.500. The smallest absolute Gasteiger partial charge is 0.306 e.